The second kappa shape index (κ2) is 17.2. The molecule has 0 aliphatic heterocycles. The van der Waals surface area contributed by atoms with Crippen molar-refractivity contribution in [2.75, 3.05) is 6.54 Å². The smallest absolute Gasteiger partial charge is 0.0739 e. The number of halogens is 1. The van der Waals surface area contributed by atoms with Gasteiger partial charge in [0.25, 0.3) is 0 Å². The summed E-state index contributed by atoms with van der Waals surface area (Å²) in [6.45, 7) is 6.50. The summed E-state index contributed by atoms with van der Waals surface area (Å²) in [5.74, 6) is 0. The van der Waals surface area contributed by atoms with Crippen LogP contribution in [0.15, 0.2) is 0 Å². The Bertz CT molecular complexity index is 272. The Kier molecular flexibility index (Phi) is 18.8. The lowest BCUT2D eigenvalue weighted by atomic mass is 9.70. The number of hydrogen-bond donors (Lipinski definition) is 4. The van der Waals surface area contributed by atoms with E-state index in [9.17, 15) is 15.3 Å². The van der Waals surface area contributed by atoms with Crippen molar-refractivity contribution in [2.24, 2.45) is 5.41 Å². The molecule has 0 bridgehead atoms. The summed E-state index contributed by atoms with van der Waals surface area (Å²) in [6, 6.07) is 0. The quantitative estimate of drug-likeness (QED) is 0.269. The summed E-state index contributed by atoms with van der Waals surface area (Å²) in [7, 11) is 0. The summed E-state index contributed by atoms with van der Waals surface area (Å²) >= 11 is 0. The lowest BCUT2D eigenvalue weighted by Gasteiger charge is -2.37. The molecular formula is C21H46ClNO3. The SMILES string of the molecule is CC(O)CC(CCCCCCCCCCC[NH3+])(CC(C)O)CC(C)O.[Cl-]. The summed E-state index contributed by atoms with van der Waals surface area (Å²) in [4.78, 5) is 0. The Morgan fingerprint density at radius 1 is 0.615 bits per heavy atom. The number of hydrogen-bond acceptors (Lipinski definition) is 3. The molecule has 160 valence electrons. The zero-order valence-corrected chi connectivity index (χ0v) is 18.3. The number of aliphatic hydroxyl groups is 3. The van der Waals surface area contributed by atoms with Gasteiger partial charge >= 0.3 is 0 Å². The molecule has 0 aromatic heterocycles. The second-order valence-electron chi connectivity index (χ2n) is 8.44. The predicted octanol–water partition coefficient (Wildman–Crippen LogP) is 0.432. The maximum atomic E-state index is 9.91. The fraction of sp³-hybridized carbons (Fsp3) is 1.00. The van der Waals surface area contributed by atoms with Gasteiger partial charge in [-0.3, -0.25) is 0 Å². The van der Waals surface area contributed by atoms with Crippen molar-refractivity contribution in [3.8, 4) is 0 Å². The first-order valence-electron chi connectivity index (χ1n) is 10.6. The van der Waals surface area contributed by atoms with E-state index >= 15 is 0 Å². The van der Waals surface area contributed by atoms with Crippen molar-refractivity contribution in [1.82, 2.24) is 0 Å². The van der Waals surface area contributed by atoms with Crippen LogP contribution in [-0.2, 0) is 0 Å². The molecule has 0 rings (SSSR count). The molecule has 0 saturated heterocycles. The maximum Gasteiger partial charge on any atom is 0.0739 e. The summed E-state index contributed by atoms with van der Waals surface area (Å²) in [5, 5.41) is 29.7. The van der Waals surface area contributed by atoms with Crippen molar-refractivity contribution in [3.05, 3.63) is 0 Å². The van der Waals surface area contributed by atoms with Crippen LogP contribution in [0.1, 0.15) is 104 Å². The van der Waals surface area contributed by atoms with E-state index in [1.54, 1.807) is 0 Å². The van der Waals surface area contributed by atoms with Gasteiger partial charge in [0.2, 0.25) is 0 Å². The van der Waals surface area contributed by atoms with Gasteiger partial charge in [0.1, 0.15) is 0 Å². The van der Waals surface area contributed by atoms with Gasteiger partial charge < -0.3 is 33.5 Å². The Labute approximate surface area is 168 Å². The highest BCUT2D eigenvalue weighted by atomic mass is 35.5. The van der Waals surface area contributed by atoms with Crippen LogP contribution >= 0.6 is 0 Å². The van der Waals surface area contributed by atoms with Gasteiger partial charge in [-0.1, -0.05) is 44.9 Å². The zero-order chi connectivity index (χ0) is 19.1. The Morgan fingerprint density at radius 3 is 1.23 bits per heavy atom. The number of quaternary nitrogens is 1. The highest BCUT2D eigenvalue weighted by Gasteiger charge is 2.33. The molecule has 0 amide bonds. The van der Waals surface area contributed by atoms with E-state index in [1.165, 1.54) is 51.4 Å². The Balaban J connectivity index is 0. The van der Waals surface area contributed by atoms with E-state index in [0.717, 1.165) is 19.4 Å². The monoisotopic (exact) mass is 395 g/mol. The van der Waals surface area contributed by atoms with Gasteiger partial charge in [-0.05, 0) is 64.7 Å². The molecule has 3 atom stereocenters. The lowest BCUT2D eigenvalue weighted by molar-refractivity contribution is -0.368. The van der Waals surface area contributed by atoms with Crippen molar-refractivity contribution < 1.29 is 33.5 Å². The van der Waals surface area contributed by atoms with Gasteiger partial charge in [-0.2, -0.15) is 0 Å². The van der Waals surface area contributed by atoms with E-state index in [1.807, 2.05) is 20.8 Å². The third kappa shape index (κ3) is 16.3. The van der Waals surface area contributed by atoms with E-state index in [2.05, 4.69) is 5.73 Å². The van der Waals surface area contributed by atoms with Crippen molar-refractivity contribution in [1.29, 1.82) is 0 Å². The fourth-order valence-corrected chi connectivity index (χ4v) is 4.35. The highest BCUT2D eigenvalue weighted by molar-refractivity contribution is 4.85. The van der Waals surface area contributed by atoms with Gasteiger partial charge in [0.15, 0.2) is 0 Å². The first-order chi connectivity index (χ1) is 11.8. The Morgan fingerprint density at radius 2 is 0.923 bits per heavy atom. The van der Waals surface area contributed by atoms with Gasteiger partial charge in [-0.25, -0.2) is 0 Å². The molecule has 0 aromatic carbocycles. The van der Waals surface area contributed by atoms with Crippen LogP contribution < -0.4 is 18.1 Å². The second-order valence-corrected chi connectivity index (χ2v) is 8.44. The van der Waals surface area contributed by atoms with Gasteiger partial charge in [-0.15, -0.1) is 0 Å². The van der Waals surface area contributed by atoms with Crippen LogP contribution in [0.25, 0.3) is 0 Å². The normalized spacial score (nSPS) is 17.2. The minimum absolute atomic E-state index is 0. The Hall–Kier alpha value is 0.130. The fourth-order valence-electron chi connectivity index (χ4n) is 4.35. The summed E-state index contributed by atoms with van der Waals surface area (Å²) in [5.41, 5.74) is 3.73. The highest BCUT2D eigenvalue weighted by Crippen LogP contribution is 2.40. The molecule has 5 heteroatoms. The number of aliphatic hydroxyl groups excluding tert-OH is 3. The molecule has 0 heterocycles. The van der Waals surface area contributed by atoms with Crippen LogP contribution in [0.4, 0.5) is 0 Å². The average Bonchev–Trinajstić information content (AvgIpc) is 2.47. The first kappa shape index (κ1) is 28.3. The van der Waals surface area contributed by atoms with E-state index in [-0.39, 0.29) is 17.8 Å². The minimum atomic E-state index is -0.393. The minimum Gasteiger partial charge on any atom is -1.00 e. The van der Waals surface area contributed by atoms with Crippen LogP contribution in [0.2, 0.25) is 0 Å². The standard InChI is InChI=1S/C21H45NO3.ClH/c1-18(23)15-21(16-19(2)24,17-20(3)25)13-11-9-7-5-4-6-8-10-12-14-22;/h18-20,23-25H,4-17,22H2,1-3H3;1H. The molecule has 4 nitrogen and oxygen atoms in total. The van der Waals surface area contributed by atoms with Crippen molar-refractivity contribution in [3.63, 3.8) is 0 Å². The van der Waals surface area contributed by atoms with Crippen molar-refractivity contribution in [2.45, 2.75) is 123 Å². The molecule has 0 aliphatic rings. The average molecular weight is 396 g/mol. The molecule has 3 unspecified atom stereocenters. The lowest BCUT2D eigenvalue weighted by Crippen LogP contribution is -3.00. The molecule has 0 fully saturated rings. The number of rotatable bonds is 17. The largest absolute Gasteiger partial charge is 1.00 e. The molecule has 0 aromatic rings. The van der Waals surface area contributed by atoms with Crippen molar-refractivity contribution >= 4 is 0 Å². The third-order valence-electron chi connectivity index (χ3n) is 5.14. The van der Waals surface area contributed by atoms with E-state index in [0.29, 0.717) is 19.3 Å². The van der Waals surface area contributed by atoms with Crippen LogP contribution in [0.3, 0.4) is 0 Å². The van der Waals surface area contributed by atoms with Gasteiger partial charge in [0.05, 0.1) is 24.9 Å². The molecule has 0 saturated carbocycles. The molecule has 0 aliphatic carbocycles. The number of unbranched alkanes of at least 4 members (excludes halogenated alkanes) is 8. The maximum absolute atomic E-state index is 9.91. The molecule has 6 N–H and O–H groups in total. The summed E-state index contributed by atoms with van der Waals surface area (Å²) < 4.78 is 0. The predicted molar refractivity (Wildman–Crippen MR) is 105 cm³/mol. The van der Waals surface area contributed by atoms with E-state index < -0.39 is 18.3 Å². The summed E-state index contributed by atoms with van der Waals surface area (Å²) in [6.07, 6.45) is 13.3. The molecule has 0 spiro atoms. The van der Waals surface area contributed by atoms with Crippen LogP contribution in [0, 0.1) is 5.41 Å². The van der Waals surface area contributed by atoms with Crippen LogP contribution in [-0.4, -0.2) is 40.2 Å². The molecule has 0 radical (unpaired) electrons. The first-order valence-corrected chi connectivity index (χ1v) is 10.6. The van der Waals surface area contributed by atoms with Crippen LogP contribution in [0.5, 0.6) is 0 Å². The molecule has 26 heavy (non-hydrogen) atoms. The molecular weight excluding hydrogens is 350 g/mol. The van der Waals surface area contributed by atoms with Gasteiger partial charge in [0, 0.05) is 0 Å². The topological polar surface area (TPSA) is 88.3 Å². The van der Waals surface area contributed by atoms with E-state index in [4.69, 9.17) is 0 Å². The third-order valence-corrected chi connectivity index (χ3v) is 5.14. The zero-order valence-electron chi connectivity index (χ0n) is 17.6.